The highest BCUT2D eigenvalue weighted by atomic mass is 19.4. The molecule has 65 heavy (non-hydrogen) atoms. The SMILES string of the molecule is C=CC(=O)OCC1(COC(=O)C=C)c2cc(-c3ccc4c(c3)C(C)(CCC(F)(F)F)c3ccccc3-4)ccc2-c2ccc(-c3ccc4c(c3)C(C)(CCC(F)(F)F)c3ccccc3-4)cc21. The summed E-state index contributed by atoms with van der Waals surface area (Å²) in [5.74, 6) is -1.40. The van der Waals surface area contributed by atoms with Gasteiger partial charge < -0.3 is 9.47 Å². The molecular formula is C55H44F6O4. The van der Waals surface area contributed by atoms with Crippen molar-refractivity contribution in [3.05, 3.63) is 180 Å². The molecule has 3 aliphatic rings. The number of hydrogen-bond acceptors (Lipinski definition) is 4. The predicted octanol–water partition coefficient (Wildman–Crippen LogP) is 14.0. The van der Waals surface area contributed by atoms with Crippen molar-refractivity contribution in [2.75, 3.05) is 13.2 Å². The molecule has 0 bridgehead atoms. The van der Waals surface area contributed by atoms with Gasteiger partial charge in [0.15, 0.2) is 0 Å². The maximum absolute atomic E-state index is 13.8. The van der Waals surface area contributed by atoms with E-state index in [1.165, 1.54) is 0 Å². The number of esters is 2. The van der Waals surface area contributed by atoms with Crippen LogP contribution in [0.15, 0.2) is 147 Å². The van der Waals surface area contributed by atoms with Crippen molar-refractivity contribution in [1.82, 2.24) is 0 Å². The number of fused-ring (bicyclic) bond motifs is 9. The van der Waals surface area contributed by atoms with Gasteiger partial charge in [0.1, 0.15) is 13.2 Å². The third kappa shape index (κ3) is 7.46. The van der Waals surface area contributed by atoms with E-state index in [1.807, 2.05) is 135 Å². The van der Waals surface area contributed by atoms with E-state index in [0.717, 1.165) is 90.0 Å². The summed E-state index contributed by atoms with van der Waals surface area (Å²) in [6.07, 6.45) is -8.77. The molecular weight excluding hydrogens is 839 g/mol. The zero-order chi connectivity index (χ0) is 46.1. The molecule has 0 spiro atoms. The molecule has 6 aromatic rings. The van der Waals surface area contributed by atoms with E-state index in [2.05, 4.69) is 13.2 Å². The second-order valence-corrected chi connectivity index (χ2v) is 17.7. The van der Waals surface area contributed by atoms with Crippen molar-refractivity contribution in [3.63, 3.8) is 0 Å². The average Bonchev–Trinajstić information content (AvgIpc) is 3.83. The lowest BCUT2D eigenvalue weighted by atomic mass is 9.75. The van der Waals surface area contributed by atoms with E-state index >= 15 is 0 Å². The van der Waals surface area contributed by atoms with Crippen LogP contribution in [0.4, 0.5) is 26.3 Å². The van der Waals surface area contributed by atoms with Gasteiger partial charge in [-0.15, -0.1) is 0 Å². The number of benzene rings is 6. The normalized spacial score (nSPS) is 18.4. The molecule has 0 aromatic heterocycles. The zero-order valence-electron chi connectivity index (χ0n) is 35.8. The topological polar surface area (TPSA) is 52.6 Å². The Labute approximate surface area is 373 Å². The van der Waals surface area contributed by atoms with Crippen LogP contribution in [0, 0.1) is 0 Å². The summed E-state index contributed by atoms with van der Waals surface area (Å²) in [7, 11) is 0. The molecule has 0 fully saturated rings. The van der Waals surface area contributed by atoms with Crippen LogP contribution in [0.5, 0.6) is 0 Å². The number of carbonyl (C=O) groups is 2. The van der Waals surface area contributed by atoms with Gasteiger partial charge in [0.05, 0.1) is 5.41 Å². The monoisotopic (exact) mass is 882 g/mol. The summed E-state index contributed by atoms with van der Waals surface area (Å²) in [5.41, 5.74) is 9.56. The Morgan fingerprint density at radius 3 is 1.12 bits per heavy atom. The highest BCUT2D eigenvalue weighted by molar-refractivity contribution is 5.90. The lowest BCUT2D eigenvalue weighted by molar-refractivity contribution is -0.143. The number of alkyl halides is 6. The molecule has 0 N–H and O–H groups in total. The smallest absolute Gasteiger partial charge is 0.389 e. The Balaban J connectivity index is 1.18. The third-order valence-electron chi connectivity index (χ3n) is 14.0. The van der Waals surface area contributed by atoms with Crippen LogP contribution < -0.4 is 0 Å². The first kappa shape index (κ1) is 43.6. The van der Waals surface area contributed by atoms with Gasteiger partial charge in [-0.1, -0.05) is 124 Å². The Morgan fingerprint density at radius 1 is 0.477 bits per heavy atom. The van der Waals surface area contributed by atoms with Crippen molar-refractivity contribution < 1.29 is 45.4 Å². The summed E-state index contributed by atoms with van der Waals surface area (Å²) >= 11 is 0. The molecule has 0 amide bonds. The van der Waals surface area contributed by atoms with Gasteiger partial charge in [-0.05, 0) is 126 Å². The molecule has 0 radical (unpaired) electrons. The van der Waals surface area contributed by atoms with Crippen molar-refractivity contribution in [1.29, 1.82) is 0 Å². The molecule has 0 saturated carbocycles. The summed E-state index contributed by atoms with van der Waals surface area (Å²) in [5, 5.41) is 0. The molecule has 6 aromatic carbocycles. The van der Waals surface area contributed by atoms with E-state index in [4.69, 9.17) is 9.47 Å². The van der Waals surface area contributed by atoms with Crippen LogP contribution >= 0.6 is 0 Å². The fourth-order valence-corrected chi connectivity index (χ4v) is 10.6. The molecule has 10 heteroatoms. The Bertz CT molecular complexity index is 2750. The van der Waals surface area contributed by atoms with Crippen molar-refractivity contribution in [2.24, 2.45) is 0 Å². The first-order valence-corrected chi connectivity index (χ1v) is 21.4. The van der Waals surface area contributed by atoms with E-state index in [0.29, 0.717) is 11.1 Å². The van der Waals surface area contributed by atoms with Crippen LogP contribution in [0.25, 0.3) is 55.6 Å². The van der Waals surface area contributed by atoms with Crippen LogP contribution in [0.3, 0.4) is 0 Å². The van der Waals surface area contributed by atoms with E-state index in [1.54, 1.807) is 0 Å². The van der Waals surface area contributed by atoms with Gasteiger partial charge in [0.25, 0.3) is 0 Å². The van der Waals surface area contributed by atoms with Crippen molar-refractivity contribution in [2.45, 2.75) is 68.1 Å². The first-order chi connectivity index (χ1) is 30.9. The lowest BCUT2D eigenvalue weighted by Gasteiger charge is -2.31. The van der Waals surface area contributed by atoms with Gasteiger partial charge in [-0.2, -0.15) is 26.3 Å². The minimum absolute atomic E-state index is 0.137. The van der Waals surface area contributed by atoms with E-state index in [-0.39, 0.29) is 26.1 Å². The van der Waals surface area contributed by atoms with Crippen LogP contribution in [0.1, 0.15) is 72.9 Å². The molecule has 0 saturated heterocycles. The van der Waals surface area contributed by atoms with Gasteiger partial charge in [0, 0.05) is 35.8 Å². The highest BCUT2D eigenvalue weighted by Gasteiger charge is 2.48. The molecule has 9 rings (SSSR count). The van der Waals surface area contributed by atoms with Crippen LogP contribution in [-0.4, -0.2) is 37.5 Å². The summed E-state index contributed by atoms with van der Waals surface area (Å²) in [6, 6.07) is 38.5. The Morgan fingerprint density at radius 2 is 0.785 bits per heavy atom. The van der Waals surface area contributed by atoms with Gasteiger partial charge in [0.2, 0.25) is 0 Å². The van der Waals surface area contributed by atoms with Crippen molar-refractivity contribution >= 4 is 11.9 Å². The number of hydrogen-bond donors (Lipinski definition) is 0. The second kappa shape index (κ2) is 15.8. The second-order valence-electron chi connectivity index (χ2n) is 17.7. The Hall–Kier alpha value is -6.68. The number of halogens is 6. The summed E-state index contributed by atoms with van der Waals surface area (Å²) in [6.45, 7) is 10.3. The highest BCUT2D eigenvalue weighted by Crippen LogP contribution is 2.56. The molecule has 0 aliphatic heterocycles. The minimum atomic E-state index is -4.34. The standard InChI is InChI=1S/C55H44F6O4/c1-5-49(62)64-31-53(32-65-50(63)6-2)47-29-35(33-15-19-39-37-11-7-9-13-43(37)51(3,45(39)27-33)23-25-54(56,57)58)17-21-41(47)42-22-18-36(30-48(42)53)34-16-20-40-38-12-8-10-14-44(38)52(4,46(40)28-34)24-26-55(59,60)61/h5-22,27-30H,1-2,23-26,31-32H2,3-4H3. The first-order valence-electron chi connectivity index (χ1n) is 21.4. The van der Waals surface area contributed by atoms with Crippen LogP contribution in [-0.2, 0) is 35.3 Å². The molecule has 2 unspecified atom stereocenters. The molecule has 0 heterocycles. The number of ether oxygens (including phenoxy) is 2. The maximum Gasteiger partial charge on any atom is 0.389 e. The third-order valence-corrected chi connectivity index (χ3v) is 14.0. The lowest BCUT2D eigenvalue weighted by Crippen LogP contribution is -2.38. The molecule has 330 valence electrons. The van der Waals surface area contributed by atoms with E-state index in [9.17, 15) is 35.9 Å². The fraction of sp³-hybridized carbons (Fsp3) is 0.236. The Kier molecular flexibility index (Phi) is 10.6. The molecule has 2 atom stereocenters. The fourth-order valence-electron chi connectivity index (χ4n) is 10.6. The molecule has 3 aliphatic carbocycles. The van der Waals surface area contributed by atoms with Gasteiger partial charge in [-0.3, -0.25) is 0 Å². The predicted molar refractivity (Wildman–Crippen MR) is 240 cm³/mol. The van der Waals surface area contributed by atoms with E-state index < -0.39 is 53.4 Å². The number of carbonyl (C=O) groups excluding carboxylic acids is 2. The van der Waals surface area contributed by atoms with Gasteiger partial charge >= 0.3 is 24.3 Å². The minimum Gasteiger partial charge on any atom is -0.461 e. The van der Waals surface area contributed by atoms with Crippen molar-refractivity contribution in [3.8, 4) is 55.6 Å². The summed E-state index contributed by atoms with van der Waals surface area (Å²) < 4.78 is 94.3. The number of rotatable bonds is 12. The van der Waals surface area contributed by atoms with Crippen LogP contribution in [0.2, 0.25) is 0 Å². The quantitative estimate of drug-likeness (QED) is 0.0698. The molecule has 4 nitrogen and oxygen atoms in total. The summed E-state index contributed by atoms with van der Waals surface area (Å²) in [4.78, 5) is 25.7. The average molecular weight is 883 g/mol. The zero-order valence-corrected chi connectivity index (χ0v) is 35.8. The maximum atomic E-state index is 13.8. The largest absolute Gasteiger partial charge is 0.461 e. The van der Waals surface area contributed by atoms with Gasteiger partial charge in [-0.25, -0.2) is 9.59 Å².